The summed E-state index contributed by atoms with van der Waals surface area (Å²) in [4.78, 5) is 31.6. The van der Waals surface area contributed by atoms with Gasteiger partial charge in [-0.05, 0) is 74.9 Å². The molecule has 1 aromatic heterocycles. The smallest absolute Gasteiger partial charge is 0.417 e. The summed E-state index contributed by atoms with van der Waals surface area (Å²) in [5, 5.41) is 10.0. The third-order valence-corrected chi connectivity index (χ3v) is 8.43. The Balaban J connectivity index is 1.20. The number of carbonyl (C=O) groups excluding carboxylic acids is 1. The fourth-order valence-corrected chi connectivity index (χ4v) is 6.23. The first kappa shape index (κ1) is 27.3. The zero-order chi connectivity index (χ0) is 28.9. The SMILES string of the molecule is NC(=C(COC1CC2CC[C@@H](C1)N2c1ccc2cc(C(=O)O)ccc2n1)C(=O)C1CC1)c1ccccc1C(F)(F)F. The molecule has 0 spiro atoms. The Bertz CT molecular complexity index is 1540. The van der Waals surface area contributed by atoms with E-state index in [1.165, 1.54) is 18.2 Å². The van der Waals surface area contributed by atoms with Crippen LogP contribution >= 0.6 is 0 Å². The average molecular weight is 566 g/mol. The van der Waals surface area contributed by atoms with E-state index >= 15 is 0 Å². The molecule has 2 saturated heterocycles. The maximum absolute atomic E-state index is 13.7. The predicted molar refractivity (Wildman–Crippen MR) is 147 cm³/mol. The van der Waals surface area contributed by atoms with Crippen molar-refractivity contribution in [2.24, 2.45) is 11.7 Å². The van der Waals surface area contributed by atoms with Gasteiger partial charge in [0.25, 0.3) is 0 Å². The molecule has 0 amide bonds. The van der Waals surface area contributed by atoms with Crippen molar-refractivity contribution in [1.82, 2.24) is 4.98 Å². The van der Waals surface area contributed by atoms with Crippen molar-refractivity contribution in [3.63, 3.8) is 0 Å². The third kappa shape index (κ3) is 5.40. The molecule has 2 bridgehead atoms. The van der Waals surface area contributed by atoms with E-state index in [0.717, 1.165) is 30.1 Å². The molecule has 214 valence electrons. The summed E-state index contributed by atoms with van der Waals surface area (Å²) in [6, 6.07) is 14.1. The second kappa shape index (κ2) is 10.5. The van der Waals surface area contributed by atoms with Gasteiger partial charge < -0.3 is 20.5 Å². The number of fused-ring (bicyclic) bond motifs is 3. The van der Waals surface area contributed by atoms with Crippen LogP contribution in [0.1, 0.15) is 60.0 Å². The molecule has 6 rings (SSSR count). The molecule has 41 heavy (non-hydrogen) atoms. The molecule has 3 aromatic rings. The number of Topliss-reactive ketones (excluding diaryl/α,β-unsaturated/α-hetero) is 1. The van der Waals surface area contributed by atoms with E-state index in [0.29, 0.717) is 31.2 Å². The number of rotatable bonds is 8. The fourth-order valence-electron chi connectivity index (χ4n) is 6.23. The summed E-state index contributed by atoms with van der Waals surface area (Å²) in [6.07, 6.45) is -0.0758. The summed E-state index contributed by atoms with van der Waals surface area (Å²) < 4.78 is 47.3. The summed E-state index contributed by atoms with van der Waals surface area (Å²) in [5.74, 6) is -0.608. The molecule has 1 aliphatic carbocycles. The summed E-state index contributed by atoms with van der Waals surface area (Å²) in [5.41, 5.74) is 6.10. The number of carboxylic acid groups (broad SMARTS) is 1. The topological polar surface area (TPSA) is 106 Å². The second-order valence-corrected chi connectivity index (χ2v) is 11.2. The van der Waals surface area contributed by atoms with Crippen LogP contribution < -0.4 is 10.6 Å². The molecule has 3 aliphatic rings. The maximum Gasteiger partial charge on any atom is 0.417 e. The van der Waals surface area contributed by atoms with Crippen LogP contribution in [0.5, 0.6) is 0 Å². The molecular formula is C31H30F3N3O4. The van der Waals surface area contributed by atoms with Gasteiger partial charge in [-0.2, -0.15) is 13.2 Å². The zero-order valence-electron chi connectivity index (χ0n) is 22.2. The Morgan fingerprint density at radius 3 is 2.37 bits per heavy atom. The highest BCUT2D eigenvalue weighted by Crippen LogP contribution is 2.41. The Hall–Kier alpha value is -3.92. The normalized spacial score (nSPS) is 23.0. The largest absolute Gasteiger partial charge is 0.478 e. The number of ketones is 1. The van der Waals surface area contributed by atoms with Crippen molar-refractivity contribution in [2.45, 2.75) is 62.9 Å². The highest BCUT2D eigenvalue weighted by atomic mass is 19.4. The van der Waals surface area contributed by atoms with E-state index in [-0.39, 0.29) is 58.9 Å². The lowest BCUT2D eigenvalue weighted by atomic mass is 9.96. The van der Waals surface area contributed by atoms with Gasteiger partial charge in [0.15, 0.2) is 5.78 Å². The standard InChI is InChI=1S/C31H30F3N3O4/c32-31(33,34)25-4-2-1-3-23(25)28(35)24(29(38)17-5-6-17)16-41-22-14-20-9-10-21(15-22)37(20)27-12-8-18-13-19(30(39)40)7-11-26(18)36-27/h1-4,7-8,11-13,17,20-22H,5-6,9-10,14-16,35H2,(H,39,40)/t20-,21?,22?/m0/s1. The predicted octanol–water partition coefficient (Wildman–Crippen LogP) is 5.82. The zero-order valence-corrected chi connectivity index (χ0v) is 22.2. The number of alkyl halides is 3. The minimum atomic E-state index is -4.60. The van der Waals surface area contributed by atoms with Gasteiger partial charge >= 0.3 is 12.1 Å². The molecule has 10 heteroatoms. The third-order valence-electron chi connectivity index (χ3n) is 8.43. The van der Waals surface area contributed by atoms with E-state index in [1.807, 2.05) is 12.1 Å². The van der Waals surface area contributed by atoms with Gasteiger partial charge in [0, 0.05) is 40.2 Å². The average Bonchev–Trinajstić information content (AvgIpc) is 3.76. The summed E-state index contributed by atoms with van der Waals surface area (Å²) in [6.45, 7) is -0.127. The Kier molecular flexibility index (Phi) is 6.97. The Morgan fingerprint density at radius 1 is 1.00 bits per heavy atom. The lowest BCUT2D eigenvalue weighted by molar-refractivity contribution is -0.137. The van der Waals surface area contributed by atoms with Crippen LogP contribution in [0.4, 0.5) is 19.0 Å². The number of pyridine rings is 1. The number of aromatic carboxylic acids is 1. The molecule has 3 atom stereocenters. The number of aromatic nitrogens is 1. The highest BCUT2D eigenvalue weighted by Gasteiger charge is 2.43. The van der Waals surface area contributed by atoms with Crippen molar-refractivity contribution in [1.29, 1.82) is 0 Å². The van der Waals surface area contributed by atoms with Gasteiger partial charge in [0.2, 0.25) is 0 Å². The van der Waals surface area contributed by atoms with E-state index in [1.54, 1.807) is 18.2 Å². The van der Waals surface area contributed by atoms with Gasteiger partial charge in [0.1, 0.15) is 5.82 Å². The van der Waals surface area contributed by atoms with Crippen molar-refractivity contribution in [3.05, 3.63) is 76.9 Å². The fraction of sp³-hybridized carbons (Fsp3) is 0.387. The van der Waals surface area contributed by atoms with E-state index in [4.69, 9.17) is 15.5 Å². The van der Waals surface area contributed by atoms with Gasteiger partial charge in [-0.25, -0.2) is 9.78 Å². The van der Waals surface area contributed by atoms with Gasteiger partial charge in [0.05, 0.1) is 29.4 Å². The molecule has 1 saturated carbocycles. The van der Waals surface area contributed by atoms with Gasteiger partial charge in [-0.1, -0.05) is 18.2 Å². The minimum absolute atomic E-state index is 0.121. The molecule has 3 heterocycles. The van der Waals surface area contributed by atoms with Gasteiger partial charge in [-0.15, -0.1) is 0 Å². The van der Waals surface area contributed by atoms with Crippen molar-refractivity contribution in [2.75, 3.05) is 11.5 Å². The number of halogens is 3. The number of anilines is 1. The Labute approximate surface area is 234 Å². The first-order valence-electron chi connectivity index (χ1n) is 13.8. The second-order valence-electron chi connectivity index (χ2n) is 11.2. The number of piperidine rings is 1. The van der Waals surface area contributed by atoms with Crippen LogP contribution in [0.2, 0.25) is 0 Å². The maximum atomic E-state index is 13.7. The number of carboxylic acids is 1. The van der Waals surface area contributed by atoms with Gasteiger partial charge in [-0.3, -0.25) is 4.79 Å². The monoisotopic (exact) mass is 565 g/mol. The van der Waals surface area contributed by atoms with Crippen LogP contribution in [-0.2, 0) is 15.7 Å². The first-order valence-corrected chi connectivity index (χ1v) is 13.8. The summed E-state index contributed by atoms with van der Waals surface area (Å²) in [7, 11) is 0. The molecule has 2 aliphatic heterocycles. The number of carbonyl (C=O) groups is 2. The first-order chi connectivity index (χ1) is 19.6. The van der Waals surface area contributed by atoms with Crippen molar-refractivity contribution in [3.8, 4) is 0 Å². The van der Waals surface area contributed by atoms with Crippen LogP contribution in [0, 0.1) is 5.92 Å². The molecule has 0 radical (unpaired) electrons. The van der Waals surface area contributed by atoms with E-state index in [2.05, 4.69) is 4.90 Å². The number of ether oxygens (including phenoxy) is 1. The quantitative estimate of drug-likeness (QED) is 0.332. The molecule has 2 aromatic carbocycles. The van der Waals surface area contributed by atoms with Crippen LogP contribution in [0.15, 0.2) is 60.2 Å². The van der Waals surface area contributed by atoms with Crippen LogP contribution in [0.3, 0.4) is 0 Å². The molecule has 3 N–H and O–H groups in total. The number of nitrogens with two attached hydrogens (primary N) is 1. The number of hydrogen-bond donors (Lipinski definition) is 2. The number of benzene rings is 2. The van der Waals surface area contributed by atoms with E-state index in [9.17, 15) is 27.9 Å². The minimum Gasteiger partial charge on any atom is -0.478 e. The number of hydrogen-bond acceptors (Lipinski definition) is 6. The summed E-state index contributed by atoms with van der Waals surface area (Å²) >= 11 is 0. The Morgan fingerprint density at radius 2 is 1.71 bits per heavy atom. The molecule has 7 nitrogen and oxygen atoms in total. The van der Waals surface area contributed by atoms with Crippen LogP contribution in [-0.4, -0.2) is 46.6 Å². The van der Waals surface area contributed by atoms with Crippen LogP contribution in [0.25, 0.3) is 16.6 Å². The molecule has 3 fully saturated rings. The molecule has 2 unspecified atom stereocenters. The van der Waals surface area contributed by atoms with Crippen molar-refractivity contribution >= 4 is 34.2 Å². The lowest BCUT2D eigenvalue weighted by Gasteiger charge is -2.39. The highest BCUT2D eigenvalue weighted by molar-refractivity contribution is 6.05. The number of nitrogens with zero attached hydrogens (tertiary/aromatic N) is 2. The van der Waals surface area contributed by atoms with E-state index < -0.39 is 17.7 Å². The van der Waals surface area contributed by atoms with Crippen molar-refractivity contribution < 1.29 is 32.6 Å². The molecular weight excluding hydrogens is 535 g/mol. The lowest BCUT2D eigenvalue weighted by Crippen LogP contribution is -2.46.